The van der Waals surface area contributed by atoms with Crippen LogP contribution >= 0.6 is 24.0 Å². The molecule has 2 aromatic carbocycles. The second-order valence-corrected chi connectivity index (χ2v) is 6.82. The van der Waals surface area contributed by atoms with Gasteiger partial charge in [0.2, 0.25) is 0 Å². The van der Waals surface area contributed by atoms with Crippen molar-refractivity contribution in [3.05, 3.63) is 48.0 Å². The van der Waals surface area contributed by atoms with Gasteiger partial charge in [-0.3, -0.25) is 4.99 Å². The van der Waals surface area contributed by atoms with Gasteiger partial charge >= 0.3 is 6.36 Å². The van der Waals surface area contributed by atoms with E-state index in [9.17, 15) is 13.2 Å². The SMILES string of the molecule is COc1ccc(C(C)(C)CN=C(N)Nc2ccccc2OC(F)(F)F)cc1OC.I. The maximum absolute atomic E-state index is 12.5. The third-order valence-electron chi connectivity index (χ3n) is 4.19. The molecule has 2 rings (SSSR count). The molecule has 0 aliphatic carbocycles. The molecule has 0 aromatic heterocycles. The Labute approximate surface area is 190 Å². The van der Waals surface area contributed by atoms with E-state index in [4.69, 9.17) is 15.2 Å². The van der Waals surface area contributed by atoms with Crippen LogP contribution < -0.4 is 25.3 Å². The quantitative estimate of drug-likeness (QED) is 0.297. The molecular formula is C20H25F3IN3O3. The highest BCUT2D eigenvalue weighted by atomic mass is 127. The van der Waals surface area contributed by atoms with Gasteiger partial charge in [0.25, 0.3) is 0 Å². The van der Waals surface area contributed by atoms with Crippen LogP contribution in [0.4, 0.5) is 18.9 Å². The Bertz CT molecular complexity index is 874. The number of nitrogens with two attached hydrogens (primary N) is 1. The zero-order valence-corrected chi connectivity index (χ0v) is 19.4. The summed E-state index contributed by atoms with van der Waals surface area (Å²) in [6, 6.07) is 11.1. The fraction of sp³-hybridized carbons (Fsp3) is 0.350. The van der Waals surface area contributed by atoms with Gasteiger partial charge in [0, 0.05) is 5.41 Å². The van der Waals surface area contributed by atoms with E-state index in [-0.39, 0.29) is 42.2 Å². The van der Waals surface area contributed by atoms with Gasteiger partial charge in [-0.2, -0.15) is 0 Å². The van der Waals surface area contributed by atoms with E-state index in [0.29, 0.717) is 11.5 Å². The number of para-hydroxylation sites is 2. The summed E-state index contributed by atoms with van der Waals surface area (Å²) in [4.78, 5) is 4.28. The van der Waals surface area contributed by atoms with Crippen LogP contribution in [0.5, 0.6) is 17.2 Å². The molecule has 0 heterocycles. The van der Waals surface area contributed by atoms with Gasteiger partial charge in [-0.15, -0.1) is 37.1 Å². The van der Waals surface area contributed by atoms with E-state index in [0.717, 1.165) is 5.56 Å². The maximum Gasteiger partial charge on any atom is 0.573 e. The summed E-state index contributed by atoms with van der Waals surface area (Å²) >= 11 is 0. The Kier molecular flexibility index (Phi) is 9.07. The second kappa shape index (κ2) is 10.6. The highest BCUT2D eigenvalue weighted by Gasteiger charge is 2.32. The number of hydrogen-bond acceptors (Lipinski definition) is 4. The van der Waals surface area contributed by atoms with Crippen LogP contribution in [0.1, 0.15) is 19.4 Å². The molecule has 0 spiro atoms. The summed E-state index contributed by atoms with van der Waals surface area (Å²) in [6.07, 6.45) is -4.81. The molecule has 0 fully saturated rings. The van der Waals surface area contributed by atoms with Crippen molar-refractivity contribution in [1.82, 2.24) is 0 Å². The monoisotopic (exact) mass is 539 g/mol. The van der Waals surface area contributed by atoms with E-state index in [1.807, 2.05) is 26.0 Å². The lowest BCUT2D eigenvalue weighted by molar-refractivity contribution is -0.274. The molecule has 0 radical (unpaired) electrons. The number of methoxy groups -OCH3 is 2. The van der Waals surface area contributed by atoms with Gasteiger partial charge in [-0.05, 0) is 29.8 Å². The Morgan fingerprint density at radius 2 is 1.63 bits per heavy atom. The van der Waals surface area contributed by atoms with Crippen LogP contribution in [0.25, 0.3) is 0 Å². The zero-order chi connectivity index (χ0) is 21.7. The summed E-state index contributed by atoms with van der Waals surface area (Å²) in [5.41, 5.74) is 6.46. The molecule has 0 aliphatic heterocycles. The zero-order valence-electron chi connectivity index (χ0n) is 17.0. The van der Waals surface area contributed by atoms with E-state index >= 15 is 0 Å². The van der Waals surface area contributed by atoms with Crippen molar-refractivity contribution in [3.8, 4) is 17.2 Å². The third-order valence-corrected chi connectivity index (χ3v) is 4.19. The molecule has 30 heavy (non-hydrogen) atoms. The van der Waals surface area contributed by atoms with E-state index in [1.165, 1.54) is 18.2 Å². The van der Waals surface area contributed by atoms with Crippen molar-refractivity contribution >= 4 is 35.6 Å². The van der Waals surface area contributed by atoms with Crippen molar-refractivity contribution in [3.63, 3.8) is 0 Å². The average molecular weight is 539 g/mol. The van der Waals surface area contributed by atoms with E-state index in [1.54, 1.807) is 26.4 Å². The molecule has 0 bridgehead atoms. The van der Waals surface area contributed by atoms with Gasteiger partial charge < -0.3 is 25.3 Å². The van der Waals surface area contributed by atoms with E-state index in [2.05, 4.69) is 15.0 Å². The molecule has 10 heteroatoms. The van der Waals surface area contributed by atoms with Crippen molar-refractivity contribution in [2.24, 2.45) is 10.7 Å². The molecule has 2 aromatic rings. The van der Waals surface area contributed by atoms with Crippen LogP contribution in [-0.2, 0) is 5.41 Å². The number of ether oxygens (including phenoxy) is 3. The smallest absolute Gasteiger partial charge is 0.493 e. The first kappa shape index (κ1) is 25.7. The molecule has 0 saturated heterocycles. The minimum atomic E-state index is -4.81. The number of aliphatic imine (C=N–C) groups is 1. The van der Waals surface area contributed by atoms with Gasteiger partial charge in [0.05, 0.1) is 26.5 Å². The first-order chi connectivity index (χ1) is 13.6. The normalized spacial score (nSPS) is 12.0. The standard InChI is InChI=1S/C20H24F3N3O3.HI/c1-19(2,13-9-10-16(27-3)17(11-13)28-4)12-25-18(24)26-14-7-5-6-8-15(14)29-20(21,22)23;/h5-11H,12H2,1-4H3,(H3,24,25,26);1H. The molecule has 0 unspecified atom stereocenters. The minimum absolute atomic E-state index is 0. The molecule has 0 amide bonds. The third kappa shape index (κ3) is 7.15. The molecule has 6 nitrogen and oxygen atoms in total. The van der Waals surface area contributed by atoms with Crippen molar-refractivity contribution in [2.75, 3.05) is 26.1 Å². The summed E-state index contributed by atoms with van der Waals surface area (Å²) in [6.45, 7) is 4.21. The lowest BCUT2D eigenvalue weighted by atomic mass is 9.84. The summed E-state index contributed by atoms with van der Waals surface area (Å²) in [5.74, 6) is 0.776. The van der Waals surface area contributed by atoms with Crippen LogP contribution in [0.15, 0.2) is 47.5 Å². The van der Waals surface area contributed by atoms with Gasteiger partial charge in [0.1, 0.15) is 0 Å². The lowest BCUT2D eigenvalue weighted by Crippen LogP contribution is -2.28. The molecule has 0 aliphatic rings. The first-order valence-electron chi connectivity index (χ1n) is 8.70. The Hall–Kier alpha value is -2.37. The van der Waals surface area contributed by atoms with Crippen molar-refractivity contribution in [1.29, 1.82) is 0 Å². The molecule has 3 N–H and O–H groups in total. The Morgan fingerprint density at radius 3 is 2.23 bits per heavy atom. The topological polar surface area (TPSA) is 78.1 Å². The number of guanidine groups is 1. The van der Waals surface area contributed by atoms with Crippen LogP contribution in [0.2, 0.25) is 0 Å². The average Bonchev–Trinajstić information content (AvgIpc) is 2.66. The molecule has 0 atom stereocenters. The largest absolute Gasteiger partial charge is 0.573 e. The van der Waals surface area contributed by atoms with E-state index < -0.39 is 17.5 Å². The number of anilines is 1. The van der Waals surface area contributed by atoms with Crippen LogP contribution in [0, 0.1) is 0 Å². The predicted molar refractivity (Wildman–Crippen MR) is 121 cm³/mol. The summed E-state index contributed by atoms with van der Waals surface area (Å²) < 4.78 is 52.2. The number of rotatable bonds is 7. The lowest BCUT2D eigenvalue weighted by Gasteiger charge is -2.24. The second-order valence-electron chi connectivity index (χ2n) is 6.82. The number of hydrogen-bond donors (Lipinski definition) is 2. The van der Waals surface area contributed by atoms with Crippen molar-refractivity contribution < 1.29 is 27.4 Å². The fourth-order valence-electron chi connectivity index (χ4n) is 2.59. The fourth-order valence-corrected chi connectivity index (χ4v) is 2.59. The van der Waals surface area contributed by atoms with Gasteiger partial charge in [-0.1, -0.05) is 32.0 Å². The van der Waals surface area contributed by atoms with Crippen molar-refractivity contribution in [2.45, 2.75) is 25.6 Å². The van der Waals surface area contributed by atoms with Gasteiger partial charge in [-0.25, -0.2) is 0 Å². The first-order valence-corrected chi connectivity index (χ1v) is 8.70. The molecule has 166 valence electrons. The van der Waals surface area contributed by atoms with Crippen LogP contribution in [-0.4, -0.2) is 33.1 Å². The maximum atomic E-state index is 12.5. The number of nitrogens with zero attached hydrogens (tertiary/aromatic N) is 1. The molecule has 0 saturated carbocycles. The van der Waals surface area contributed by atoms with Crippen LogP contribution in [0.3, 0.4) is 0 Å². The minimum Gasteiger partial charge on any atom is -0.493 e. The highest BCUT2D eigenvalue weighted by molar-refractivity contribution is 14.0. The number of alkyl halides is 3. The summed E-state index contributed by atoms with van der Waals surface area (Å²) in [5, 5.41) is 2.66. The van der Waals surface area contributed by atoms with Gasteiger partial charge in [0.15, 0.2) is 23.2 Å². The number of halogens is 4. The molecular weight excluding hydrogens is 514 g/mol. The summed E-state index contributed by atoms with van der Waals surface area (Å²) in [7, 11) is 3.11. The Morgan fingerprint density at radius 1 is 1.00 bits per heavy atom. The highest BCUT2D eigenvalue weighted by Crippen LogP contribution is 2.33. The Balaban J connectivity index is 0.00000450. The number of nitrogens with one attached hydrogen (secondary N) is 1. The number of benzene rings is 2. The predicted octanol–water partition coefficient (Wildman–Crippen LogP) is 4.92.